The number of benzene rings is 3. The first kappa shape index (κ1) is 22.3. The molecule has 1 aromatic heterocycles. The number of halogens is 2. The third kappa shape index (κ3) is 5.15. The van der Waals surface area contributed by atoms with Gasteiger partial charge in [-0.25, -0.2) is 9.18 Å². The van der Waals surface area contributed by atoms with Crippen LogP contribution in [0.5, 0.6) is 23.0 Å². The Hall–Kier alpha value is -3.85. The second-order valence-corrected chi connectivity index (χ2v) is 7.78. The molecule has 4 rings (SSSR count). The highest BCUT2D eigenvalue weighted by Gasteiger charge is 2.13. The van der Waals surface area contributed by atoms with Crippen LogP contribution >= 0.6 is 15.9 Å². The molecule has 2 N–H and O–H groups in total. The molecule has 0 saturated carbocycles. The number of carbonyl (C=O) groups is 1. The van der Waals surface area contributed by atoms with Gasteiger partial charge in [0.05, 0.1) is 25.4 Å². The van der Waals surface area contributed by atoms with Crippen LogP contribution in [-0.2, 0) is 0 Å². The smallest absolute Gasteiger partial charge is 0.323 e. The number of carbonyl (C=O) groups excluding carboxylic acids is 1. The molecule has 7 nitrogen and oxygen atoms in total. The van der Waals surface area contributed by atoms with Crippen molar-refractivity contribution in [3.63, 3.8) is 0 Å². The van der Waals surface area contributed by atoms with E-state index in [0.717, 1.165) is 4.47 Å². The van der Waals surface area contributed by atoms with E-state index in [9.17, 15) is 9.18 Å². The monoisotopic (exact) mass is 511 g/mol. The summed E-state index contributed by atoms with van der Waals surface area (Å²) in [6.45, 7) is 0. The Bertz CT molecular complexity index is 1330. The van der Waals surface area contributed by atoms with E-state index in [1.165, 1.54) is 19.2 Å². The molecule has 0 fully saturated rings. The summed E-state index contributed by atoms with van der Waals surface area (Å²) in [6.07, 6.45) is 1.59. The predicted octanol–water partition coefficient (Wildman–Crippen LogP) is 6.59. The van der Waals surface area contributed by atoms with Crippen molar-refractivity contribution < 1.29 is 23.4 Å². The zero-order valence-electron chi connectivity index (χ0n) is 17.7. The van der Waals surface area contributed by atoms with Crippen LogP contribution in [0.15, 0.2) is 71.3 Å². The maximum Gasteiger partial charge on any atom is 0.323 e. The van der Waals surface area contributed by atoms with Gasteiger partial charge in [-0.15, -0.1) is 0 Å². The van der Waals surface area contributed by atoms with Gasteiger partial charge >= 0.3 is 6.03 Å². The first-order chi connectivity index (χ1) is 16.0. The van der Waals surface area contributed by atoms with Crippen LogP contribution < -0.4 is 24.8 Å². The molecule has 4 aromatic rings. The Balaban J connectivity index is 1.52. The summed E-state index contributed by atoms with van der Waals surface area (Å²) < 4.78 is 32.0. The minimum atomic E-state index is -0.644. The van der Waals surface area contributed by atoms with E-state index in [1.54, 1.807) is 55.8 Å². The lowest BCUT2D eigenvalue weighted by molar-refractivity contribution is 0.262. The maximum atomic E-state index is 14.7. The van der Waals surface area contributed by atoms with Gasteiger partial charge in [-0.2, -0.15) is 0 Å². The van der Waals surface area contributed by atoms with E-state index in [0.29, 0.717) is 33.8 Å². The first-order valence-corrected chi connectivity index (χ1v) is 10.6. The van der Waals surface area contributed by atoms with Crippen LogP contribution in [0.25, 0.3) is 10.9 Å². The number of anilines is 2. The predicted molar refractivity (Wildman–Crippen MR) is 128 cm³/mol. The van der Waals surface area contributed by atoms with Crippen molar-refractivity contribution in [1.29, 1.82) is 0 Å². The van der Waals surface area contributed by atoms with Crippen molar-refractivity contribution in [2.75, 3.05) is 24.9 Å². The lowest BCUT2D eigenvalue weighted by Crippen LogP contribution is -2.20. The Morgan fingerprint density at radius 1 is 0.939 bits per heavy atom. The number of rotatable bonds is 6. The second-order valence-electron chi connectivity index (χ2n) is 6.87. The molecule has 0 aliphatic heterocycles. The van der Waals surface area contributed by atoms with Crippen LogP contribution in [-0.4, -0.2) is 25.2 Å². The van der Waals surface area contributed by atoms with Crippen LogP contribution in [0, 0.1) is 5.82 Å². The number of hydrogen-bond donors (Lipinski definition) is 2. The summed E-state index contributed by atoms with van der Waals surface area (Å²) in [4.78, 5) is 16.5. The van der Waals surface area contributed by atoms with Gasteiger partial charge in [0, 0.05) is 33.9 Å². The number of pyridine rings is 1. The van der Waals surface area contributed by atoms with E-state index in [2.05, 4.69) is 31.5 Å². The molecule has 0 atom stereocenters. The fraction of sp³-hybridized carbons (Fsp3) is 0.0833. The summed E-state index contributed by atoms with van der Waals surface area (Å²) in [6, 6.07) is 15.8. The molecule has 0 bridgehead atoms. The zero-order chi connectivity index (χ0) is 23.4. The van der Waals surface area contributed by atoms with Crippen molar-refractivity contribution in [3.8, 4) is 23.0 Å². The van der Waals surface area contributed by atoms with Gasteiger partial charge in [-0.05, 0) is 42.5 Å². The topological polar surface area (TPSA) is 81.7 Å². The fourth-order valence-electron chi connectivity index (χ4n) is 3.18. The minimum Gasteiger partial charge on any atom is -0.493 e. The third-order valence-corrected chi connectivity index (χ3v) is 5.20. The molecule has 168 valence electrons. The lowest BCUT2D eigenvalue weighted by Gasteiger charge is -2.13. The normalized spacial score (nSPS) is 10.5. The van der Waals surface area contributed by atoms with Gasteiger partial charge in [0.1, 0.15) is 17.3 Å². The molecule has 0 saturated heterocycles. The van der Waals surface area contributed by atoms with Crippen molar-refractivity contribution >= 4 is 44.2 Å². The standard InChI is InChI=1S/C24H19BrFN3O4/c1-31-22-12-17-20(13-23(22)32-2)27-9-8-21(17)33-16-6-7-19(18(26)11-16)29-24(30)28-15-5-3-4-14(25)10-15/h3-13H,1-2H3,(H2,28,29,30). The van der Waals surface area contributed by atoms with Gasteiger partial charge in [-0.1, -0.05) is 22.0 Å². The van der Waals surface area contributed by atoms with Gasteiger partial charge < -0.3 is 24.8 Å². The summed E-state index contributed by atoms with van der Waals surface area (Å²) in [7, 11) is 3.08. The average Bonchev–Trinajstić information content (AvgIpc) is 2.80. The molecule has 9 heteroatoms. The summed E-state index contributed by atoms with van der Waals surface area (Å²) in [5, 5.41) is 5.81. The van der Waals surface area contributed by atoms with E-state index >= 15 is 0 Å². The molecule has 2 amide bonds. The molecule has 0 radical (unpaired) electrons. The van der Waals surface area contributed by atoms with Gasteiger partial charge in [0.25, 0.3) is 0 Å². The molecular weight excluding hydrogens is 493 g/mol. The molecule has 0 spiro atoms. The van der Waals surface area contributed by atoms with Crippen molar-refractivity contribution in [3.05, 3.63) is 77.2 Å². The molecule has 1 heterocycles. The number of urea groups is 1. The SMILES string of the molecule is COc1cc2nccc(Oc3ccc(NC(=O)Nc4cccc(Br)c4)c(F)c3)c2cc1OC. The number of methoxy groups -OCH3 is 2. The van der Waals surface area contributed by atoms with Gasteiger partial charge in [0.15, 0.2) is 11.5 Å². The highest BCUT2D eigenvalue weighted by molar-refractivity contribution is 9.10. The molecule has 3 aromatic carbocycles. The average molecular weight is 512 g/mol. The highest BCUT2D eigenvalue weighted by Crippen LogP contribution is 2.37. The van der Waals surface area contributed by atoms with E-state index in [-0.39, 0.29) is 11.4 Å². The number of nitrogens with one attached hydrogen (secondary N) is 2. The lowest BCUT2D eigenvalue weighted by atomic mass is 10.2. The van der Waals surface area contributed by atoms with E-state index in [1.807, 2.05) is 6.07 Å². The number of amides is 2. The van der Waals surface area contributed by atoms with Crippen LogP contribution in [0.3, 0.4) is 0 Å². The minimum absolute atomic E-state index is 0.0147. The number of nitrogens with zero attached hydrogens (tertiary/aromatic N) is 1. The van der Waals surface area contributed by atoms with Gasteiger partial charge in [-0.3, -0.25) is 4.98 Å². The Kier molecular flexibility index (Phi) is 6.60. The summed E-state index contributed by atoms with van der Waals surface area (Å²) in [5.74, 6) is 1.14. The van der Waals surface area contributed by atoms with Crippen molar-refractivity contribution in [1.82, 2.24) is 4.98 Å². The Labute approximate surface area is 197 Å². The highest BCUT2D eigenvalue weighted by atomic mass is 79.9. The van der Waals surface area contributed by atoms with Crippen LogP contribution in [0.1, 0.15) is 0 Å². The fourth-order valence-corrected chi connectivity index (χ4v) is 3.57. The van der Waals surface area contributed by atoms with Crippen molar-refractivity contribution in [2.45, 2.75) is 0 Å². The summed E-state index contributed by atoms with van der Waals surface area (Å²) >= 11 is 3.33. The third-order valence-electron chi connectivity index (χ3n) is 4.71. The Morgan fingerprint density at radius 3 is 2.45 bits per heavy atom. The molecule has 0 aliphatic carbocycles. The number of hydrogen-bond acceptors (Lipinski definition) is 5. The van der Waals surface area contributed by atoms with Gasteiger partial charge in [0.2, 0.25) is 0 Å². The van der Waals surface area contributed by atoms with Crippen molar-refractivity contribution in [2.24, 2.45) is 0 Å². The zero-order valence-corrected chi connectivity index (χ0v) is 19.3. The molecule has 33 heavy (non-hydrogen) atoms. The van der Waals surface area contributed by atoms with Crippen LogP contribution in [0.2, 0.25) is 0 Å². The molecular formula is C24H19BrFN3O4. The quantitative estimate of drug-likeness (QED) is 0.305. The van der Waals surface area contributed by atoms with Crippen LogP contribution in [0.4, 0.5) is 20.6 Å². The Morgan fingerprint density at radius 2 is 1.73 bits per heavy atom. The number of aromatic nitrogens is 1. The largest absolute Gasteiger partial charge is 0.493 e. The molecule has 0 aliphatic rings. The van der Waals surface area contributed by atoms with E-state index in [4.69, 9.17) is 14.2 Å². The first-order valence-electron chi connectivity index (χ1n) is 9.78. The van der Waals surface area contributed by atoms with E-state index < -0.39 is 11.8 Å². The summed E-state index contributed by atoms with van der Waals surface area (Å²) in [5.41, 5.74) is 1.22. The number of fused-ring (bicyclic) bond motifs is 1. The number of ether oxygens (including phenoxy) is 3. The molecule has 0 unspecified atom stereocenters. The maximum absolute atomic E-state index is 14.7. The second kappa shape index (κ2) is 9.74.